The predicted octanol–water partition coefficient (Wildman–Crippen LogP) is 5.93. The number of carbonyl (C=O) groups excluding carboxylic acids is 6. The van der Waals surface area contributed by atoms with Crippen molar-refractivity contribution < 1.29 is 43.0 Å². The van der Waals surface area contributed by atoms with Crippen molar-refractivity contribution in [2.24, 2.45) is 28.7 Å². The fourth-order valence-electron chi connectivity index (χ4n) is 8.58. The largest absolute Gasteiger partial charge is 0.464 e. The molecule has 3 saturated carbocycles. The highest BCUT2D eigenvalue weighted by Crippen LogP contribution is 2.34. The summed E-state index contributed by atoms with van der Waals surface area (Å²) in [6.45, 7) is 7.63. The van der Waals surface area contributed by atoms with E-state index < -0.39 is 47.6 Å². The van der Waals surface area contributed by atoms with Gasteiger partial charge in [-0.05, 0) is 89.9 Å². The van der Waals surface area contributed by atoms with Crippen molar-refractivity contribution in [1.29, 1.82) is 0 Å². The number of amides is 7. The second-order valence-corrected chi connectivity index (χ2v) is 17.7. The van der Waals surface area contributed by atoms with E-state index in [-0.39, 0.29) is 63.8 Å². The lowest BCUT2D eigenvalue weighted by atomic mass is 9.83. The lowest BCUT2D eigenvalue weighted by Gasteiger charge is -2.47. The molecule has 0 radical (unpaired) electrons. The third kappa shape index (κ3) is 13.8. The van der Waals surface area contributed by atoms with Gasteiger partial charge in [0.05, 0.1) is 25.7 Å². The third-order valence-corrected chi connectivity index (χ3v) is 11.9. The van der Waals surface area contributed by atoms with E-state index in [0.717, 1.165) is 88.4 Å². The highest BCUT2D eigenvalue weighted by atomic mass is 16.6. The van der Waals surface area contributed by atoms with Crippen molar-refractivity contribution in [1.82, 2.24) is 30.7 Å². The number of urea groups is 2. The molecule has 16 nitrogen and oxygen atoms in total. The Hall–Kier alpha value is -4.11. The van der Waals surface area contributed by atoms with Crippen LogP contribution in [0.5, 0.6) is 0 Å². The predicted molar refractivity (Wildman–Crippen MR) is 212 cm³/mol. The molecule has 57 heavy (non-hydrogen) atoms. The molecule has 0 bridgehead atoms. The maximum Gasteiger partial charge on any atom is 0.413 e. The molecule has 7 amide bonds. The Labute approximate surface area is 337 Å². The van der Waals surface area contributed by atoms with Crippen molar-refractivity contribution in [2.75, 3.05) is 52.5 Å². The number of aliphatic imine (C=N–C) groups is 1. The maximum atomic E-state index is 13.8. The van der Waals surface area contributed by atoms with Gasteiger partial charge in [-0.25, -0.2) is 28.9 Å². The first-order valence-corrected chi connectivity index (χ1v) is 21.7. The van der Waals surface area contributed by atoms with Crippen molar-refractivity contribution in [3.63, 3.8) is 0 Å². The highest BCUT2D eigenvalue weighted by Gasteiger charge is 2.56. The molecule has 2 aliphatic heterocycles. The average Bonchev–Trinajstić information content (AvgIpc) is 3.20. The summed E-state index contributed by atoms with van der Waals surface area (Å²) in [4.78, 5) is 87.9. The van der Waals surface area contributed by atoms with Crippen LogP contribution < -0.4 is 16.0 Å². The number of carbonyl (C=O) groups is 6. The van der Waals surface area contributed by atoms with Gasteiger partial charge in [0, 0.05) is 38.3 Å². The summed E-state index contributed by atoms with van der Waals surface area (Å²) < 4.78 is 16.7. The Kier molecular flexibility index (Phi) is 16.7. The normalized spacial score (nSPS) is 22.5. The van der Waals surface area contributed by atoms with Crippen LogP contribution in [-0.4, -0.2) is 121 Å². The van der Waals surface area contributed by atoms with Gasteiger partial charge in [-0.1, -0.05) is 57.8 Å². The van der Waals surface area contributed by atoms with E-state index in [0.29, 0.717) is 31.3 Å². The number of nitrogens with one attached hydrogen (secondary N) is 3. The number of hydrogen-bond acceptors (Lipinski definition) is 10. The molecule has 2 atom stereocenters. The molecule has 320 valence electrons. The summed E-state index contributed by atoms with van der Waals surface area (Å²) in [5.41, 5.74) is -0.409. The van der Waals surface area contributed by atoms with Gasteiger partial charge in [-0.3, -0.25) is 20.4 Å². The number of nitrogens with zero attached hydrogens (tertiary/aromatic N) is 4. The molecule has 0 aromatic heterocycles. The maximum absolute atomic E-state index is 13.8. The van der Waals surface area contributed by atoms with Gasteiger partial charge in [0.15, 0.2) is 6.04 Å². The van der Waals surface area contributed by atoms with Crippen molar-refractivity contribution in [3.8, 4) is 0 Å². The van der Waals surface area contributed by atoms with E-state index in [1.165, 1.54) is 17.7 Å². The quantitative estimate of drug-likeness (QED) is 0.0568. The number of esters is 1. The molecule has 3 aliphatic carbocycles. The summed E-state index contributed by atoms with van der Waals surface area (Å²) in [5.74, 6) is -1.13. The van der Waals surface area contributed by atoms with Crippen LogP contribution in [0.4, 0.5) is 19.2 Å². The van der Waals surface area contributed by atoms with E-state index in [1.54, 1.807) is 4.90 Å². The number of hydrogen-bond donors (Lipinski definition) is 3. The second-order valence-electron chi connectivity index (χ2n) is 17.7. The van der Waals surface area contributed by atoms with Crippen LogP contribution in [0, 0.1) is 23.7 Å². The molecule has 1 unspecified atom stereocenters. The summed E-state index contributed by atoms with van der Waals surface area (Å²) >= 11 is 0. The molecule has 0 spiro atoms. The van der Waals surface area contributed by atoms with Gasteiger partial charge >= 0.3 is 30.2 Å². The monoisotopic (exact) mass is 802 g/mol. The lowest BCUT2D eigenvalue weighted by Crippen LogP contribution is -2.70. The fraction of sp³-hybridized carbons (Fsp3) is 0.829. The van der Waals surface area contributed by atoms with Gasteiger partial charge in [-0.15, -0.1) is 0 Å². The number of likely N-dealkylation sites (tertiary alicyclic amines) is 1. The second kappa shape index (κ2) is 21.6. The smallest absolute Gasteiger partial charge is 0.413 e. The first-order chi connectivity index (χ1) is 27.4. The molecule has 5 rings (SSSR count). The van der Waals surface area contributed by atoms with E-state index in [4.69, 9.17) is 14.2 Å². The first-order valence-electron chi connectivity index (χ1n) is 21.7. The number of rotatable bonds is 11. The third-order valence-electron chi connectivity index (χ3n) is 11.9. The van der Waals surface area contributed by atoms with Gasteiger partial charge in [0.2, 0.25) is 11.9 Å². The van der Waals surface area contributed by atoms with Crippen LogP contribution in [0.3, 0.4) is 0 Å². The Morgan fingerprint density at radius 1 is 0.667 bits per heavy atom. The summed E-state index contributed by atoms with van der Waals surface area (Å²) in [6.07, 6.45) is 15.2. The molecule has 5 fully saturated rings. The SMILES string of the molecule is CC(C)(C)NC(=O)N1CCN(C(=O)N2C(=O)[C@H](CCCN=C(NC(=O)OCC3CCCCC3)NC(=O)OCC3CCCCC3)C2C(=O)OCC2CCCCC2)CC1. The van der Waals surface area contributed by atoms with Crippen molar-refractivity contribution in [2.45, 2.75) is 142 Å². The zero-order valence-electron chi connectivity index (χ0n) is 34.5. The van der Waals surface area contributed by atoms with Crippen LogP contribution in [0.15, 0.2) is 4.99 Å². The Bertz CT molecular complexity index is 1370. The minimum Gasteiger partial charge on any atom is -0.464 e. The van der Waals surface area contributed by atoms with Crippen LogP contribution in [0.1, 0.15) is 130 Å². The minimum atomic E-state index is -1.08. The Morgan fingerprint density at radius 2 is 1.12 bits per heavy atom. The van der Waals surface area contributed by atoms with Gasteiger partial charge in [0.1, 0.15) is 0 Å². The number of imide groups is 1. The van der Waals surface area contributed by atoms with Crippen LogP contribution in [0.25, 0.3) is 0 Å². The topological polar surface area (TPSA) is 188 Å². The Morgan fingerprint density at radius 3 is 1.60 bits per heavy atom. The molecular formula is C41H67N7O9. The van der Waals surface area contributed by atoms with E-state index >= 15 is 0 Å². The van der Waals surface area contributed by atoms with Gasteiger partial charge < -0.3 is 29.3 Å². The van der Waals surface area contributed by atoms with Crippen LogP contribution in [-0.2, 0) is 23.8 Å². The van der Waals surface area contributed by atoms with Gasteiger partial charge in [0.25, 0.3) is 0 Å². The van der Waals surface area contributed by atoms with Crippen LogP contribution >= 0.6 is 0 Å². The molecule has 3 N–H and O–H groups in total. The highest BCUT2D eigenvalue weighted by molar-refractivity contribution is 6.08. The Balaban J connectivity index is 1.18. The molecule has 0 aromatic rings. The summed E-state index contributed by atoms with van der Waals surface area (Å²) in [5, 5.41) is 8.04. The van der Waals surface area contributed by atoms with Crippen LogP contribution in [0.2, 0.25) is 0 Å². The van der Waals surface area contributed by atoms with Crippen molar-refractivity contribution in [3.05, 3.63) is 0 Å². The molecule has 0 aromatic carbocycles. The number of piperazine rings is 1. The molecular weight excluding hydrogens is 734 g/mol. The van der Waals surface area contributed by atoms with E-state index in [1.807, 2.05) is 20.8 Å². The zero-order valence-corrected chi connectivity index (χ0v) is 34.5. The van der Waals surface area contributed by atoms with Gasteiger partial charge in [-0.2, -0.15) is 0 Å². The minimum absolute atomic E-state index is 0.0985. The lowest BCUT2D eigenvalue weighted by molar-refractivity contribution is -0.171. The number of ether oxygens (including phenoxy) is 3. The molecule has 2 saturated heterocycles. The number of β-lactam (4-membered cyclic amide) rings is 1. The first kappa shape index (κ1) is 44.0. The average molecular weight is 802 g/mol. The standard InChI is InChI=1S/C41H67N7O9/c1-41(2,3)45-37(51)46-22-24-47(25-23-46)40(54)48-33(35(50)55-26-29-14-7-4-8-15-29)32(34(48)49)20-13-21-42-36(43-38(52)56-27-30-16-9-5-10-17-30)44-39(53)57-28-31-18-11-6-12-19-31/h29-33H,4-28H2,1-3H3,(H,45,51)(H2,42,43,44,52,53)/t32-,33?/m1/s1. The molecule has 2 heterocycles. The fourth-order valence-corrected chi connectivity index (χ4v) is 8.58. The van der Waals surface area contributed by atoms with Crippen molar-refractivity contribution >= 4 is 42.1 Å². The molecule has 16 heteroatoms. The van der Waals surface area contributed by atoms with E-state index in [2.05, 4.69) is 20.9 Å². The number of guanidine groups is 1. The zero-order chi connectivity index (χ0) is 40.8. The molecule has 5 aliphatic rings. The number of alkyl carbamates (subject to hydrolysis) is 2. The summed E-state index contributed by atoms with van der Waals surface area (Å²) in [6, 6.07) is -1.87. The summed E-state index contributed by atoms with van der Waals surface area (Å²) in [7, 11) is 0. The van der Waals surface area contributed by atoms with E-state index in [9.17, 15) is 28.8 Å².